The van der Waals surface area contributed by atoms with Crippen molar-refractivity contribution in [2.45, 2.75) is 39.3 Å². The molecule has 2 N–H and O–H groups in total. The molecule has 0 spiro atoms. The third-order valence-corrected chi connectivity index (χ3v) is 5.00. The van der Waals surface area contributed by atoms with Gasteiger partial charge in [0.25, 0.3) is 0 Å². The molecule has 7 heteroatoms. The topological polar surface area (TPSA) is 84.6 Å². The molecule has 1 atom stereocenters. The van der Waals surface area contributed by atoms with Crippen LogP contribution in [0.25, 0.3) is 22.5 Å². The zero-order valence-corrected chi connectivity index (χ0v) is 17.8. The predicted octanol–water partition coefficient (Wildman–Crippen LogP) is 4.67. The lowest BCUT2D eigenvalue weighted by Gasteiger charge is -2.12. The number of aliphatic hydroxyl groups excluding tert-OH is 1. The molecule has 3 aromatic rings. The van der Waals surface area contributed by atoms with Gasteiger partial charge in [0.15, 0.2) is 0 Å². The van der Waals surface area contributed by atoms with Gasteiger partial charge in [0.2, 0.25) is 0 Å². The van der Waals surface area contributed by atoms with Gasteiger partial charge in [0.05, 0.1) is 37.1 Å². The molecule has 0 aliphatic carbocycles. The number of carboxylic acid groups (broad SMARTS) is 1. The van der Waals surface area contributed by atoms with E-state index in [9.17, 15) is 9.90 Å². The Kier molecular flexibility index (Phi) is 7.13. The molecule has 0 unspecified atom stereocenters. The highest BCUT2D eigenvalue weighted by molar-refractivity contribution is 6.30. The van der Waals surface area contributed by atoms with E-state index in [-0.39, 0.29) is 6.42 Å². The maximum Gasteiger partial charge on any atom is 0.307 e. The third kappa shape index (κ3) is 5.20. The quantitative estimate of drug-likeness (QED) is 0.517. The number of nitrogens with zero attached hydrogens (tertiary/aromatic N) is 2. The van der Waals surface area contributed by atoms with E-state index in [0.717, 1.165) is 16.8 Å². The second kappa shape index (κ2) is 9.78. The summed E-state index contributed by atoms with van der Waals surface area (Å²) in [6.07, 6.45) is -0.0137. The number of hydrogen-bond acceptors (Lipinski definition) is 4. The Morgan fingerprint density at radius 3 is 2.53 bits per heavy atom. The molecule has 1 aromatic heterocycles. The molecule has 0 radical (unpaired) electrons. The molecule has 0 saturated heterocycles. The van der Waals surface area contributed by atoms with Crippen molar-refractivity contribution in [3.05, 3.63) is 59.1 Å². The van der Waals surface area contributed by atoms with Gasteiger partial charge in [0, 0.05) is 10.6 Å². The van der Waals surface area contributed by atoms with Crippen LogP contribution in [0.5, 0.6) is 5.75 Å². The molecule has 0 fully saturated rings. The van der Waals surface area contributed by atoms with Crippen LogP contribution in [0.1, 0.15) is 25.8 Å². The monoisotopic (exact) mass is 428 g/mol. The molecule has 6 nitrogen and oxygen atoms in total. The smallest absolute Gasteiger partial charge is 0.307 e. The number of rotatable bonds is 9. The Bertz CT molecular complexity index is 1010. The lowest BCUT2D eigenvalue weighted by Crippen LogP contribution is -2.16. The molecule has 0 amide bonds. The molecule has 30 heavy (non-hydrogen) atoms. The molecule has 2 aromatic carbocycles. The second-order valence-electron chi connectivity index (χ2n) is 7.00. The van der Waals surface area contributed by atoms with Gasteiger partial charge in [0.1, 0.15) is 5.75 Å². The highest BCUT2D eigenvalue weighted by Crippen LogP contribution is 2.34. The summed E-state index contributed by atoms with van der Waals surface area (Å²) in [5.74, 6) is -0.265. The first kappa shape index (κ1) is 21.9. The maximum atomic E-state index is 11.2. The summed E-state index contributed by atoms with van der Waals surface area (Å²) in [5, 5.41) is 24.7. The van der Waals surface area contributed by atoms with Crippen LogP contribution in [0.4, 0.5) is 0 Å². The Morgan fingerprint density at radius 2 is 1.90 bits per heavy atom. The van der Waals surface area contributed by atoms with Crippen molar-refractivity contribution in [1.82, 2.24) is 9.78 Å². The minimum atomic E-state index is -0.899. The van der Waals surface area contributed by atoms with Crippen LogP contribution in [0.2, 0.25) is 5.02 Å². The molecule has 0 aliphatic heterocycles. The van der Waals surface area contributed by atoms with Gasteiger partial charge in [-0.2, -0.15) is 5.10 Å². The Morgan fingerprint density at radius 1 is 1.17 bits per heavy atom. The van der Waals surface area contributed by atoms with E-state index in [0.29, 0.717) is 41.6 Å². The van der Waals surface area contributed by atoms with E-state index in [1.165, 1.54) is 0 Å². The highest BCUT2D eigenvalue weighted by atomic mass is 35.5. The van der Waals surface area contributed by atoms with Crippen LogP contribution in [0, 0.1) is 0 Å². The van der Waals surface area contributed by atoms with E-state index in [2.05, 4.69) is 0 Å². The number of ether oxygens (including phenoxy) is 1. The first-order valence-electron chi connectivity index (χ1n) is 9.91. The lowest BCUT2D eigenvalue weighted by atomic mass is 10.0. The number of benzene rings is 2. The Labute approximate surface area is 180 Å². The predicted molar refractivity (Wildman–Crippen MR) is 117 cm³/mol. The average Bonchev–Trinajstić information content (AvgIpc) is 3.13. The van der Waals surface area contributed by atoms with E-state index in [1.807, 2.05) is 44.2 Å². The van der Waals surface area contributed by atoms with Crippen LogP contribution >= 0.6 is 11.6 Å². The van der Waals surface area contributed by atoms with E-state index >= 15 is 0 Å². The molecule has 0 saturated carbocycles. The van der Waals surface area contributed by atoms with Gasteiger partial charge in [-0.05, 0) is 54.8 Å². The molecule has 1 heterocycles. The molecule has 0 bridgehead atoms. The number of carbonyl (C=O) groups is 1. The number of carboxylic acids is 1. The van der Waals surface area contributed by atoms with Crippen LogP contribution in [-0.2, 0) is 17.8 Å². The molecule has 3 rings (SSSR count). The van der Waals surface area contributed by atoms with Gasteiger partial charge in [-0.25, -0.2) is 0 Å². The van der Waals surface area contributed by atoms with E-state index in [4.69, 9.17) is 26.5 Å². The normalized spacial score (nSPS) is 12.0. The number of aliphatic hydroxyl groups is 1. The van der Waals surface area contributed by atoms with Crippen molar-refractivity contribution in [2.75, 3.05) is 6.61 Å². The molecule has 158 valence electrons. The average molecular weight is 429 g/mol. The summed E-state index contributed by atoms with van der Waals surface area (Å²) >= 11 is 6.03. The molecular formula is C23H25ClN2O4. The van der Waals surface area contributed by atoms with Gasteiger partial charge in [-0.3, -0.25) is 9.48 Å². The number of aromatic nitrogens is 2. The minimum absolute atomic E-state index is 0.0846. The number of halogens is 1. The lowest BCUT2D eigenvalue weighted by molar-refractivity contribution is -0.136. The van der Waals surface area contributed by atoms with Gasteiger partial charge in [-0.1, -0.05) is 36.7 Å². The fraction of sp³-hybridized carbons (Fsp3) is 0.304. The Balaban J connectivity index is 2.12. The fourth-order valence-corrected chi connectivity index (χ4v) is 3.34. The van der Waals surface area contributed by atoms with E-state index in [1.54, 1.807) is 22.9 Å². The summed E-state index contributed by atoms with van der Waals surface area (Å²) in [7, 11) is 0. The SMILES string of the molecule is CCOc1ccc(CC(=O)O)cc1-c1cc(-c2ccc(Cl)cc2)n(C[C@@H](O)CC)n1. The summed E-state index contributed by atoms with van der Waals surface area (Å²) in [5.41, 5.74) is 3.79. The number of hydrogen-bond donors (Lipinski definition) is 2. The van der Waals surface area contributed by atoms with Crippen molar-refractivity contribution in [1.29, 1.82) is 0 Å². The summed E-state index contributed by atoms with van der Waals surface area (Å²) in [6.45, 7) is 4.63. The Hall–Kier alpha value is -2.83. The summed E-state index contributed by atoms with van der Waals surface area (Å²) in [6, 6.07) is 14.7. The first-order valence-corrected chi connectivity index (χ1v) is 10.3. The first-order chi connectivity index (χ1) is 14.4. The van der Waals surface area contributed by atoms with Crippen molar-refractivity contribution in [3.8, 4) is 28.3 Å². The maximum absolute atomic E-state index is 11.2. The highest BCUT2D eigenvalue weighted by Gasteiger charge is 2.18. The summed E-state index contributed by atoms with van der Waals surface area (Å²) in [4.78, 5) is 11.2. The van der Waals surface area contributed by atoms with Crippen molar-refractivity contribution >= 4 is 17.6 Å². The van der Waals surface area contributed by atoms with Gasteiger partial charge < -0.3 is 14.9 Å². The summed E-state index contributed by atoms with van der Waals surface area (Å²) < 4.78 is 7.53. The number of aliphatic carboxylic acids is 1. The largest absolute Gasteiger partial charge is 0.493 e. The standard InChI is InChI=1S/C23H25ClN2O4/c1-3-18(27)14-26-21(16-6-8-17(24)9-7-16)13-20(25-26)19-11-15(12-23(28)29)5-10-22(19)30-4-2/h5-11,13,18,27H,3-4,12,14H2,1-2H3,(H,28,29)/t18-/m0/s1. The van der Waals surface area contributed by atoms with Gasteiger partial charge in [-0.15, -0.1) is 0 Å². The van der Waals surface area contributed by atoms with Crippen LogP contribution in [0.15, 0.2) is 48.5 Å². The van der Waals surface area contributed by atoms with Crippen LogP contribution in [0.3, 0.4) is 0 Å². The zero-order chi connectivity index (χ0) is 21.7. The van der Waals surface area contributed by atoms with Crippen LogP contribution in [-0.4, -0.2) is 38.7 Å². The fourth-order valence-electron chi connectivity index (χ4n) is 3.21. The van der Waals surface area contributed by atoms with Crippen molar-refractivity contribution in [2.24, 2.45) is 0 Å². The van der Waals surface area contributed by atoms with E-state index < -0.39 is 12.1 Å². The van der Waals surface area contributed by atoms with Crippen molar-refractivity contribution in [3.63, 3.8) is 0 Å². The molecular weight excluding hydrogens is 404 g/mol. The minimum Gasteiger partial charge on any atom is -0.493 e. The third-order valence-electron chi connectivity index (χ3n) is 4.75. The van der Waals surface area contributed by atoms with Crippen molar-refractivity contribution < 1.29 is 19.7 Å². The zero-order valence-electron chi connectivity index (χ0n) is 17.0. The second-order valence-corrected chi connectivity index (χ2v) is 7.44. The van der Waals surface area contributed by atoms with Gasteiger partial charge >= 0.3 is 5.97 Å². The molecule has 0 aliphatic rings. The van der Waals surface area contributed by atoms with Crippen LogP contribution < -0.4 is 4.74 Å².